The summed E-state index contributed by atoms with van der Waals surface area (Å²) < 4.78 is 10.8. The van der Waals surface area contributed by atoms with Crippen LogP contribution in [0.5, 0.6) is 11.5 Å². The van der Waals surface area contributed by atoms with Gasteiger partial charge in [-0.1, -0.05) is 35.9 Å². The number of hydrogen-bond donors (Lipinski definition) is 0. The minimum absolute atomic E-state index is 0.365. The summed E-state index contributed by atoms with van der Waals surface area (Å²) in [6, 6.07) is 13.2. The van der Waals surface area contributed by atoms with Gasteiger partial charge in [-0.25, -0.2) is 0 Å². The molecule has 2 aromatic rings. The molecule has 0 aromatic heterocycles. The summed E-state index contributed by atoms with van der Waals surface area (Å²) in [7, 11) is 1.61. The molecule has 0 saturated carbocycles. The lowest BCUT2D eigenvalue weighted by Crippen LogP contribution is -2.00. The highest BCUT2D eigenvalue weighted by Gasteiger charge is 2.18. The van der Waals surface area contributed by atoms with Gasteiger partial charge in [0, 0.05) is 10.6 Å². The zero-order valence-electron chi connectivity index (χ0n) is 11.4. The van der Waals surface area contributed by atoms with Crippen molar-refractivity contribution < 1.29 is 9.47 Å². The van der Waals surface area contributed by atoms with Crippen molar-refractivity contribution in [2.75, 3.05) is 13.7 Å². The van der Waals surface area contributed by atoms with E-state index in [9.17, 15) is 0 Å². The highest BCUT2D eigenvalue weighted by atomic mass is 35.5. The van der Waals surface area contributed by atoms with Crippen LogP contribution in [-0.4, -0.2) is 13.7 Å². The molecule has 1 unspecified atom stereocenters. The lowest BCUT2D eigenvalue weighted by molar-refractivity contribution is 0.337. The van der Waals surface area contributed by atoms with E-state index in [1.807, 2.05) is 43.3 Å². The summed E-state index contributed by atoms with van der Waals surface area (Å²) in [6.07, 6.45) is 0. The molecule has 0 aliphatic heterocycles. The van der Waals surface area contributed by atoms with Crippen LogP contribution in [0.25, 0.3) is 0 Å². The Kier molecular flexibility index (Phi) is 5.16. The van der Waals surface area contributed by atoms with Gasteiger partial charge in [0.25, 0.3) is 0 Å². The van der Waals surface area contributed by atoms with Crippen molar-refractivity contribution in [3.8, 4) is 11.5 Å². The third-order valence-corrected chi connectivity index (χ3v) is 3.77. The maximum atomic E-state index is 6.57. The first-order chi connectivity index (χ1) is 9.67. The zero-order chi connectivity index (χ0) is 14.5. The second-order valence-corrected chi connectivity index (χ2v) is 5.06. The number of rotatable bonds is 5. The molecule has 0 amide bonds. The van der Waals surface area contributed by atoms with E-state index in [-0.39, 0.29) is 5.38 Å². The number of benzene rings is 2. The third-order valence-electron chi connectivity index (χ3n) is 2.97. The van der Waals surface area contributed by atoms with E-state index in [0.717, 1.165) is 16.9 Å². The van der Waals surface area contributed by atoms with E-state index >= 15 is 0 Å². The molecule has 106 valence electrons. The summed E-state index contributed by atoms with van der Waals surface area (Å²) in [5.74, 6) is 1.49. The van der Waals surface area contributed by atoms with Crippen molar-refractivity contribution in [1.82, 2.24) is 0 Å². The van der Waals surface area contributed by atoms with Crippen LogP contribution >= 0.6 is 23.2 Å². The standard InChI is InChI=1S/C16H16Cl2O2/c1-3-20-15-7-5-4-6-13(15)16(18)12-9-8-11(19-2)10-14(12)17/h4-10,16H,3H2,1-2H3. The first kappa shape index (κ1) is 15.0. The molecule has 0 spiro atoms. The fraction of sp³-hybridized carbons (Fsp3) is 0.250. The number of para-hydroxylation sites is 1. The first-order valence-electron chi connectivity index (χ1n) is 6.36. The van der Waals surface area contributed by atoms with E-state index in [4.69, 9.17) is 32.7 Å². The van der Waals surface area contributed by atoms with Gasteiger partial charge in [0.2, 0.25) is 0 Å². The van der Waals surface area contributed by atoms with Crippen LogP contribution in [0.1, 0.15) is 23.4 Å². The molecule has 0 saturated heterocycles. The van der Waals surface area contributed by atoms with Crippen LogP contribution in [0.15, 0.2) is 42.5 Å². The maximum absolute atomic E-state index is 6.57. The smallest absolute Gasteiger partial charge is 0.124 e. The predicted molar refractivity (Wildman–Crippen MR) is 83.3 cm³/mol. The quantitative estimate of drug-likeness (QED) is 0.717. The highest BCUT2D eigenvalue weighted by molar-refractivity contribution is 6.33. The molecule has 2 rings (SSSR count). The van der Waals surface area contributed by atoms with E-state index < -0.39 is 0 Å². The second kappa shape index (κ2) is 6.87. The Morgan fingerprint density at radius 1 is 1.10 bits per heavy atom. The van der Waals surface area contributed by atoms with Crippen LogP contribution < -0.4 is 9.47 Å². The van der Waals surface area contributed by atoms with Crippen molar-refractivity contribution in [2.24, 2.45) is 0 Å². The van der Waals surface area contributed by atoms with Crippen molar-refractivity contribution >= 4 is 23.2 Å². The summed E-state index contributed by atoms with van der Waals surface area (Å²) in [4.78, 5) is 0. The van der Waals surface area contributed by atoms with Gasteiger partial charge in [-0.15, -0.1) is 11.6 Å². The van der Waals surface area contributed by atoms with Crippen molar-refractivity contribution in [1.29, 1.82) is 0 Å². The Morgan fingerprint density at radius 3 is 2.50 bits per heavy atom. The minimum Gasteiger partial charge on any atom is -0.497 e. The molecule has 0 aliphatic rings. The first-order valence-corrected chi connectivity index (χ1v) is 7.18. The Hall–Kier alpha value is -1.38. The molecule has 2 aromatic carbocycles. The maximum Gasteiger partial charge on any atom is 0.124 e. The Bertz CT molecular complexity index is 584. The molecule has 0 radical (unpaired) electrons. The molecule has 0 N–H and O–H groups in total. The summed E-state index contributed by atoms with van der Waals surface area (Å²) in [5.41, 5.74) is 1.74. The van der Waals surface area contributed by atoms with Gasteiger partial charge in [0.05, 0.1) is 19.1 Å². The summed E-state index contributed by atoms with van der Waals surface area (Å²) in [6.45, 7) is 2.54. The average molecular weight is 311 g/mol. The van der Waals surface area contributed by atoms with Gasteiger partial charge in [0.1, 0.15) is 11.5 Å². The van der Waals surface area contributed by atoms with Gasteiger partial charge >= 0.3 is 0 Å². The number of ether oxygens (including phenoxy) is 2. The summed E-state index contributed by atoms with van der Waals surface area (Å²) >= 11 is 12.8. The fourth-order valence-electron chi connectivity index (χ4n) is 1.98. The van der Waals surface area contributed by atoms with Crippen molar-refractivity contribution in [3.63, 3.8) is 0 Å². The van der Waals surface area contributed by atoms with Gasteiger partial charge in [-0.05, 0) is 30.7 Å². The van der Waals surface area contributed by atoms with Crippen molar-refractivity contribution in [3.05, 3.63) is 58.6 Å². The Labute approximate surface area is 129 Å². The highest BCUT2D eigenvalue weighted by Crippen LogP contribution is 2.39. The number of methoxy groups -OCH3 is 1. The zero-order valence-corrected chi connectivity index (χ0v) is 12.9. The normalized spacial score (nSPS) is 12.0. The number of alkyl halides is 1. The molecule has 0 fully saturated rings. The minimum atomic E-state index is -0.365. The van der Waals surface area contributed by atoms with Crippen molar-refractivity contribution in [2.45, 2.75) is 12.3 Å². The fourth-order valence-corrected chi connectivity index (χ4v) is 2.69. The van der Waals surface area contributed by atoms with E-state index in [2.05, 4.69) is 0 Å². The molecule has 0 heterocycles. The molecular weight excluding hydrogens is 295 g/mol. The Balaban J connectivity index is 2.38. The molecule has 20 heavy (non-hydrogen) atoms. The average Bonchev–Trinajstić information content (AvgIpc) is 2.47. The van der Waals surface area contributed by atoms with Crippen LogP contribution in [-0.2, 0) is 0 Å². The Morgan fingerprint density at radius 2 is 1.85 bits per heavy atom. The predicted octanol–water partition coefficient (Wildman–Crippen LogP) is 5.08. The number of halogens is 2. The number of hydrogen-bond acceptors (Lipinski definition) is 2. The molecule has 4 heteroatoms. The third kappa shape index (κ3) is 3.20. The van der Waals surface area contributed by atoms with Crippen LogP contribution in [0, 0.1) is 0 Å². The monoisotopic (exact) mass is 310 g/mol. The topological polar surface area (TPSA) is 18.5 Å². The molecule has 0 aliphatic carbocycles. The van der Waals surface area contributed by atoms with E-state index in [0.29, 0.717) is 17.4 Å². The lowest BCUT2D eigenvalue weighted by Gasteiger charge is -2.16. The van der Waals surface area contributed by atoms with Crippen LogP contribution in [0.2, 0.25) is 5.02 Å². The molecular formula is C16H16Cl2O2. The largest absolute Gasteiger partial charge is 0.497 e. The van der Waals surface area contributed by atoms with E-state index in [1.54, 1.807) is 13.2 Å². The molecule has 2 nitrogen and oxygen atoms in total. The SMILES string of the molecule is CCOc1ccccc1C(Cl)c1ccc(OC)cc1Cl. The van der Waals surface area contributed by atoms with Gasteiger partial charge in [-0.2, -0.15) is 0 Å². The van der Waals surface area contributed by atoms with E-state index in [1.165, 1.54) is 0 Å². The lowest BCUT2D eigenvalue weighted by atomic mass is 10.0. The second-order valence-electron chi connectivity index (χ2n) is 4.22. The van der Waals surface area contributed by atoms with Crippen LogP contribution in [0.3, 0.4) is 0 Å². The van der Waals surface area contributed by atoms with Crippen LogP contribution in [0.4, 0.5) is 0 Å². The summed E-state index contributed by atoms with van der Waals surface area (Å²) in [5, 5.41) is 0.215. The van der Waals surface area contributed by atoms with Gasteiger partial charge in [-0.3, -0.25) is 0 Å². The molecule has 0 bridgehead atoms. The van der Waals surface area contributed by atoms with Gasteiger partial charge < -0.3 is 9.47 Å². The molecule has 1 atom stereocenters. The van der Waals surface area contributed by atoms with Gasteiger partial charge in [0.15, 0.2) is 0 Å².